The normalized spacial score (nSPS) is 16.9. The van der Waals surface area contributed by atoms with E-state index in [2.05, 4.69) is 20.6 Å². The Bertz CT molecular complexity index is 970. The first kappa shape index (κ1) is 22.7. The van der Waals surface area contributed by atoms with E-state index in [9.17, 15) is 14.4 Å². The predicted octanol–water partition coefficient (Wildman–Crippen LogP) is 3.14. The first-order valence-corrected chi connectivity index (χ1v) is 11.5. The van der Waals surface area contributed by atoms with Gasteiger partial charge < -0.3 is 20.3 Å². The summed E-state index contributed by atoms with van der Waals surface area (Å²) in [7, 11) is 0. The number of carbonyl (C=O) groups excluding carboxylic acids is 3. The maximum absolute atomic E-state index is 12.8. The number of nitrogens with one attached hydrogen (secondary N) is 2. The van der Waals surface area contributed by atoms with E-state index in [4.69, 9.17) is 4.74 Å². The quantitative estimate of drug-likeness (QED) is 0.698. The number of carbonyl (C=O) groups is 3. The molecule has 174 valence electrons. The van der Waals surface area contributed by atoms with Crippen molar-refractivity contribution in [3.8, 4) is 0 Å². The van der Waals surface area contributed by atoms with Crippen molar-refractivity contribution in [3.63, 3.8) is 0 Å². The molecule has 1 aliphatic carbocycles. The second kappa shape index (κ2) is 10.9. The van der Waals surface area contributed by atoms with E-state index in [-0.39, 0.29) is 48.0 Å². The van der Waals surface area contributed by atoms with Crippen molar-refractivity contribution >= 4 is 23.7 Å². The van der Waals surface area contributed by atoms with E-state index in [1.165, 1.54) is 12.4 Å². The molecule has 0 radical (unpaired) electrons. The fourth-order valence-corrected chi connectivity index (χ4v) is 4.27. The standard InChI is InChI=1S/C24H29N5O4/c30-22(18-8-4-5-9-18)28-21-20(25-12-13-26-21)23(31)27-19-10-14-29(15-11-19)24(32)33-16-17-6-2-1-3-7-17/h1-3,6-7,12-13,18-19H,4-5,8-11,14-16H2,(H,27,31)(H,26,28,30). The topological polar surface area (TPSA) is 114 Å². The van der Waals surface area contributed by atoms with Crippen LogP contribution in [0.3, 0.4) is 0 Å². The molecule has 2 aromatic rings. The average Bonchev–Trinajstić information content (AvgIpc) is 3.39. The summed E-state index contributed by atoms with van der Waals surface area (Å²) in [5.41, 5.74) is 1.04. The summed E-state index contributed by atoms with van der Waals surface area (Å²) < 4.78 is 5.39. The van der Waals surface area contributed by atoms with Gasteiger partial charge in [-0.3, -0.25) is 9.59 Å². The molecule has 0 bridgehead atoms. The maximum Gasteiger partial charge on any atom is 0.410 e. The van der Waals surface area contributed by atoms with Crippen molar-refractivity contribution in [3.05, 3.63) is 54.0 Å². The lowest BCUT2D eigenvalue weighted by atomic mass is 10.1. The summed E-state index contributed by atoms with van der Waals surface area (Å²) in [6.45, 7) is 1.22. The average molecular weight is 452 g/mol. The molecule has 0 unspecified atom stereocenters. The molecule has 4 rings (SSSR count). The summed E-state index contributed by atoms with van der Waals surface area (Å²) in [5, 5.41) is 5.74. The number of likely N-dealkylation sites (tertiary alicyclic amines) is 1. The van der Waals surface area contributed by atoms with Gasteiger partial charge in [-0.2, -0.15) is 0 Å². The van der Waals surface area contributed by atoms with Crippen molar-refractivity contribution < 1.29 is 19.1 Å². The molecule has 2 N–H and O–H groups in total. The minimum Gasteiger partial charge on any atom is -0.445 e. The van der Waals surface area contributed by atoms with Crippen LogP contribution in [0.1, 0.15) is 54.6 Å². The molecule has 0 atom stereocenters. The highest BCUT2D eigenvalue weighted by molar-refractivity contribution is 6.01. The molecule has 3 amide bonds. The molecule has 33 heavy (non-hydrogen) atoms. The number of benzene rings is 1. The van der Waals surface area contributed by atoms with Crippen LogP contribution in [0.2, 0.25) is 0 Å². The molecular weight excluding hydrogens is 422 g/mol. The Morgan fingerprint density at radius 2 is 1.67 bits per heavy atom. The number of nitrogens with zero attached hydrogens (tertiary/aromatic N) is 3. The van der Waals surface area contributed by atoms with Gasteiger partial charge in [-0.15, -0.1) is 0 Å². The van der Waals surface area contributed by atoms with Crippen molar-refractivity contribution in [1.82, 2.24) is 20.2 Å². The summed E-state index contributed by atoms with van der Waals surface area (Å²) in [4.78, 5) is 47.6. The molecule has 0 spiro atoms. The van der Waals surface area contributed by atoms with Gasteiger partial charge >= 0.3 is 6.09 Å². The lowest BCUT2D eigenvalue weighted by Gasteiger charge is -2.31. The molecule has 1 aromatic heterocycles. The third-order valence-corrected chi connectivity index (χ3v) is 6.17. The molecule has 1 saturated heterocycles. The van der Waals surface area contributed by atoms with Gasteiger partial charge in [-0.1, -0.05) is 43.2 Å². The van der Waals surface area contributed by atoms with Crippen LogP contribution < -0.4 is 10.6 Å². The van der Waals surface area contributed by atoms with Gasteiger partial charge in [0.2, 0.25) is 5.91 Å². The lowest BCUT2D eigenvalue weighted by Crippen LogP contribution is -2.47. The van der Waals surface area contributed by atoms with Crippen molar-refractivity contribution in [2.75, 3.05) is 18.4 Å². The molecule has 2 heterocycles. The predicted molar refractivity (Wildman–Crippen MR) is 121 cm³/mol. The first-order chi connectivity index (χ1) is 16.1. The number of anilines is 1. The highest BCUT2D eigenvalue weighted by Crippen LogP contribution is 2.26. The maximum atomic E-state index is 12.8. The third-order valence-electron chi connectivity index (χ3n) is 6.17. The zero-order valence-electron chi connectivity index (χ0n) is 18.5. The van der Waals surface area contributed by atoms with Crippen molar-refractivity contribution in [1.29, 1.82) is 0 Å². The largest absolute Gasteiger partial charge is 0.445 e. The van der Waals surface area contributed by atoms with Gasteiger partial charge in [0, 0.05) is 37.4 Å². The second-order valence-electron chi connectivity index (χ2n) is 8.50. The SMILES string of the molecule is O=C(NC1CCN(C(=O)OCc2ccccc2)CC1)c1nccnc1NC(=O)C1CCCC1. The Morgan fingerprint density at radius 1 is 0.970 bits per heavy atom. The Morgan fingerprint density at radius 3 is 2.39 bits per heavy atom. The molecule has 2 fully saturated rings. The highest BCUT2D eigenvalue weighted by Gasteiger charge is 2.28. The van der Waals surface area contributed by atoms with Crippen molar-refractivity contribution in [2.24, 2.45) is 5.92 Å². The van der Waals surface area contributed by atoms with E-state index < -0.39 is 0 Å². The van der Waals surface area contributed by atoms with Crippen LogP contribution in [-0.4, -0.2) is 51.9 Å². The van der Waals surface area contributed by atoms with Crippen LogP contribution in [0.4, 0.5) is 10.6 Å². The molecule has 1 aromatic carbocycles. The smallest absolute Gasteiger partial charge is 0.410 e. The van der Waals surface area contributed by atoms with E-state index in [1.54, 1.807) is 4.90 Å². The zero-order chi connectivity index (χ0) is 23.0. The molecule has 9 nitrogen and oxygen atoms in total. The summed E-state index contributed by atoms with van der Waals surface area (Å²) in [5.74, 6) is -0.331. The summed E-state index contributed by atoms with van der Waals surface area (Å²) in [6.07, 6.45) is 7.57. The number of rotatable bonds is 6. The Kier molecular flexibility index (Phi) is 7.49. The van der Waals surface area contributed by atoms with E-state index in [1.807, 2.05) is 30.3 Å². The van der Waals surface area contributed by atoms with Crippen LogP contribution in [0.5, 0.6) is 0 Å². The number of ether oxygens (including phenoxy) is 1. The van der Waals surface area contributed by atoms with Crippen LogP contribution >= 0.6 is 0 Å². The summed E-state index contributed by atoms with van der Waals surface area (Å²) in [6, 6.07) is 9.44. The van der Waals surface area contributed by atoms with Crippen LogP contribution in [0.15, 0.2) is 42.7 Å². The lowest BCUT2D eigenvalue weighted by molar-refractivity contribution is -0.119. The Hall–Kier alpha value is -3.49. The van der Waals surface area contributed by atoms with Crippen molar-refractivity contribution in [2.45, 2.75) is 51.2 Å². The number of hydrogen-bond donors (Lipinski definition) is 2. The molecule has 2 aliphatic rings. The fourth-order valence-electron chi connectivity index (χ4n) is 4.27. The molecule has 1 saturated carbocycles. The zero-order valence-corrected chi connectivity index (χ0v) is 18.5. The van der Waals surface area contributed by atoms with Gasteiger partial charge in [-0.25, -0.2) is 14.8 Å². The van der Waals surface area contributed by atoms with E-state index >= 15 is 0 Å². The number of hydrogen-bond acceptors (Lipinski definition) is 6. The highest BCUT2D eigenvalue weighted by atomic mass is 16.6. The molecule has 1 aliphatic heterocycles. The van der Waals surface area contributed by atoms with Gasteiger partial charge in [0.1, 0.15) is 6.61 Å². The summed E-state index contributed by atoms with van der Waals surface area (Å²) >= 11 is 0. The second-order valence-corrected chi connectivity index (χ2v) is 8.50. The Balaban J connectivity index is 1.26. The number of piperidine rings is 1. The monoisotopic (exact) mass is 451 g/mol. The van der Waals surface area contributed by atoms with Gasteiger partial charge in [-0.05, 0) is 31.2 Å². The van der Waals surface area contributed by atoms with Crippen LogP contribution in [0, 0.1) is 5.92 Å². The van der Waals surface area contributed by atoms with E-state index in [0.29, 0.717) is 25.9 Å². The minimum atomic E-state index is -0.380. The Labute approximate surface area is 192 Å². The first-order valence-electron chi connectivity index (χ1n) is 11.5. The molecular formula is C24H29N5O4. The molecule has 9 heteroatoms. The van der Waals surface area contributed by atoms with Crippen LogP contribution in [-0.2, 0) is 16.1 Å². The van der Waals surface area contributed by atoms with Gasteiger partial charge in [0.25, 0.3) is 5.91 Å². The van der Waals surface area contributed by atoms with E-state index in [0.717, 1.165) is 31.2 Å². The minimum absolute atomic E-state index is 0.0334. The fraction of sp³-hybridized carbons (Fsp3) is 0.458. The van der Waals surface area contributed by atoms with Gasteiger partial charge in [0.05, 0.1) is 0 Å². The number of aromatic nitrogens is 2. The van der Waals surface area contributed by atoms with Crippen LogP contribution in [0.25, 0.3) is 0 Å². The third kappa shape index (κ3) is 6.06. The number of amides is 3. The van der Waals surface area contributed by atoms with Gasteiger partial charge in [0.15, 0.2) is 11.5 Å².